The first-order chi connectivity index (χ1) is 13.6. The van der Waals surface area contributed by atoms with Gasteiger partial charge >= 0.3 is 0 Å². The second kappa shape index (κ2) is 11.1. The summed E-state index contributed by atoms with van der Waals surface area (Å²) in [5, 5.41) is 4.70. The maximum absolute atomic E-state index is 12.6. The molecule has 3 rings (SSSR count). The maximum Gasteiger partial charge on any atom is 0.224 e. The normalized spacial score (nSPS) is 17.4. The van der Waals surface area contributed by atoms with Gasteiger partial charge in [-0.3, -0.25) is 9.69 Å². The molecule has 0 spiro atoms. The summed E-state index contributed by atoms with van der Waals surface area (Å²) in [6.07, 6.45) is 2.00. The van der Waals surface area contributed by atoms with Crippen molar-refractivity contribution in [2.24, 2.45) is 5.92 Å². The van der Waals surface area contributed by atoms with Gasteiger partial charge in [-0.2, -0.15) is 11.8 Å². The van der Waals surface area contributed by atoms with Gasteiger partial charge in [-0.25, -0.2) is 0 Å². The quantitative estimate of drug-likeness (QED) is 0.573. The van der Waals surface area contributed by atoms with E-state index in [4.69, 9.17) is 23.2 Å². The van der Waals surface area contributed by atoms with Crippen LogP contribution in [0.1, 0.15) is 24.0 Å². The zero-order chi connectivity index (χ0) is 19.8. The van der Waals surface area contributed by atoms with Gasteiger partial charge in [0.1, 0.15) is 0 Å². The number of amides is 1. The molecule has 28 heavy (non-hydrogen) atoms. The predicted octanol–water partition coefficient (Wildman–Crippen LogP) is 5.26. The van der Waals surface area contributed by atoms with Gasteiger partial charge in [0.25, 0.3) is 0 Å². The summed E-state index contributed by atoms with van der Waals surface area (Å²) in [5.41, 5.74) is 2.27. The highest BCUT2D eigenvalue weighted by molar-refractivity contribution is 7.98. The molecule has 1 fully saturated rings. The third kappa shape index (κ3) is 6.41. The summed E-state index contributed by atoms with van der Waals surface area (Å²) >= 11 is 14.2. The van der Waals surface area contributed by atoms with Crippen molar-refractivity contribution in [2.75, 3.05) is 25.4 Å². The minimum atomic E-state index is 0.0600. The molecule has 2 aromatic carbocycles. The molecule has 0 radical (unpaired) electrons. The molecule has 3 nitrogen and oxygen atoms in total. The fourth-order valence-electron chi connectivity index (χ4n) is 3.47. The van der Waals surface area contributed by atoms with Gasteiger partial charge in [-0.15, -0.1) is 0 Å². The number of nitrogens with zero attached hydrogens (tertiary/aromatic N) is 1. The van der Waals surface area contributed by atoms with Crippen LogP contribution < -0.4 is 5.32 Å². The fourth-order valence-corrected chi connectivity index (χ4v) is 4.81. The van der Waals surface area contributed by atoms with E-state index in [0.29, 0.717) is 6.54 Å². The van der Waals surface area contributed by atoms with Crippen molar-refractivity contribution in [1.29, 1.82) is 0 Å². The summed E-state index contributed by atoms with van der Waals surface area (Å²) in [6.45, 7) is 3.30. The largest absolute Gasteiger partial charge is 0.355 e. The number of nitrogens with one attached hydrogen (secondary N) is 1. The number of hydrogen-bond acceptors (Lipinski definition) is 3. The van der Waals surface area contributed by atoms with Crippen LogP contribution in [-0.4, -0.2) is 36.2 Å². The summed E-state index contributed by atoms with van der Waals surface area (Å²) in [4.78, 5) is 14.9. The highest BCUT2D eigenvalue weighted by atomic mass is 35.5. The molecule has 150 valence electrons. The van der Waals surface area contributed by atoms with Crippen LogP contribution in [0.15, 0.2) is 48.5 Å². The zero-order valence-electron chi connectivity index (χ0n) is 15.9. The van der Waals surface area contributed by atoms with Crippen molar-refractivity contribution < 1.29 is 4.79 Å². The Hall–Kier alpha value is -1.20. The van der Waals surface area contributed by atoms with Crippen molar-refractivity contribution in [2.45, 2.75) is 25.1 Å². The van der Waals surface area contributed by atoms with Crippen LogP contribution >= 0.6 is 35.0 Å². The van der Waals surface area contributed by atoms with Crippen LogP contribution in [0, 0.1) is 5.92 Å². The van der Waals surface area contributed by atoms with Crippen molar-refractivity contribution in [3.8, 4) is 0 Å². The Morgan fingerprint density at radius 3 is 2.46 bits per heavy atom. The number of thioether (sulfide) groups is 1. The molecule has 1 saturated heterocycles. The lowest BCUT2D eigenvalue weighted by Gasteiger charge is -2.32. The average Bonchev–Trinajstić information content (AvgIpc) is 2.71. The van der Waals surface area contributed by atoms with Crippen molar-refractivity contribution in [1.82, 2.24) is 10.2 Å². The lowest BCUT2D eigenvalue weighted by molar-refractivity contribution is -0.126. The lowest BCUT2D eigenvalue weighted by Crippen LogP contribution is -2.43. The second-order valence-electron chi connectivity index (χ2n) is 7.10. The molecule has 1 heterocycles. The Labute approximate surface area is 181 Å². The molecule has 1 atom stereocenters. The first kappa shape index (κ1) is 21.5. The minimum absolute atomic E-state index is 0.0600. The van der Waals surface area contributed by atoms with Gasteiger partial charge in [0.15, 0.2) is 0 Å². The molecule has 0 unspecified atom stereocenters. The highest BCUT2D eigenvalue weighted by Gasteiger charge is 2.25. The van der Waals surface area contributed by atoms with Gasteiger partial charge in [-0.05, 0) is 42.6 Å². The van der Waals surface area contributed by atoms with E-state index in [-0.39, 0.29) is 11.8 Å². The van der Waals surface area contributed by atoms with Gasteiger partial charge in [0, 0.05) is 41.2 Å². The Bertz CT molecular complexity index is 787. The molecular formula is C22H26Cl2N2OS. The van der Waals surface area contributed by atoms with Crippen LogP contribution in [0.3, 0.4) is 0 Å². The number of hydrogen-bond donors (Lipinski definition) is 1. The molecule has 6 heteroatoms. The first-order valence-electron chi connectivity index (χ1n) is 9.68. The van der Waals surface area contributed by atoms with E-state index in [9.17, 15) is 4.79 Å². The van der Waals surface area contributed by atoms with Gasteiger partial charge in [0.05, 0.1) is 5.92 Å². The summed E-state index contributed by atoms with van der Waals surface area (Å²) in [7, 11) is 0. The van der Waals surface area contributed by atoms with Crippen LogP contribution in [-0.2, 0) is 17.1 Å². The van der Waals surface area contributed by atoms with E-state index >= 15 is 0 Å². The molecule has 1 N–H and O–H groups in total. The highest BCUT2D eigenvalue weighted by Crippen LogP contribution is 2.23. The third-order valence-electron chi connectivity index (χ3n) is 4.99. The predicted molar refractivity (Wildman–Crippen MR) is 120 cm³/mol. The Morgan fingerprint density at radius 2 is 1.75 bits per heavy atom. The monoisotopic (exact) mass is 436 g/mol. The average molecular weight is 437 g/mol. The van der Waals surface area contributed by atoms with Gasteiger partial charge in [0.2, 0.25) is 5.91 Å². The Kier molecular flexibility index (Phi) is 8.53. The van der Waals surface area contributed by atoms with E-state index in [0.717, 1.165) is 65.2 Å². The van der Waals surface area contributed by atoms with E-state index in [1.807, 2.05) is 42.5 Å². The van der Waals surface area contributed by atoms with Crippen LogP contribution in [0.2, 0.25) is 10.0 Å². The smallest absolute Gasteiger partial charge is 0.224 e. The number of carbonyl (C=O) groups is 1. The Balaban J connectivity index is 1.38. The molecular weight excluding hydrogens is 411 g/mol. The van der Waals surface area contributed by atoms with E-state index in [1.54, 1.807) is 11.8 Å². The van der Waals surface area contributed by atoms with Crippen LogP contribution in [0.5, 0.6) is 0 Å². The van der Waals surface area contributed by atoms with Crippen LogP contribution in [0.4, 0.5) is 0 Å². The molecule has 0 aliphatic carbocycles. The number of likely N-dealkylation sites (tertiary alicyclic amines) is 1. The fraction of sp³-hybridized carbons (Fsp3) is 0.409. The second-order valence-corrected chi connectivity index (χ2v) is 9.02. The molecule has 1 amide bonds. The van der Waals surface area contributed by atoms with Crippen LogP contribution in [0.25, 0.3) is 0 Å². The number of carbonyl (C=O) groups excluding carboxylic acids is 1. The SMILES string of the molecule is O=C(NCCSCc1ccccc1Cl)[C@H]1CCCN(Cc2ccccc2Cl)C1. The number of piperidine rings is 1. The van der Waals surface area contributed by atoms with Gasteiger partial charge in [-0.1, -0.05) is 59.6 Å². The molecule has 2 aromatic rings. The summed E-state index contributed by atoms with van der Waals surface area (Å²) in [6, 6.07) is 15.8. The van der Waals surface area contributed by atoms with Crippen molar-refractivity contribution in [3.05, 3.63) is 69.7 Å². The standard InChI is InChI=1S/C22H26Cl2N2OS/c23-20-9-3-1-6-17(20)14-26-12-5-8-18(15-26)22(27)25-11-13-28-16-19-7-2-4-10-21(19)24/h1-4,6-7,9-10,18H,5,8,11-16H2,(H,25,27)/t18-/m0/s1. The number of rotatable bonds is 8. The minimum Gasteiger partial charge on any atom is -0.355 e. The number of halogens is 2. The summed E-state index contributed by atoms with van der Waals surface area (Å²) < 4.78 is 0. The van der Waals surface area contributed by atoms with Crippen molar-refractivity contribution >= 4 is 40.9 Å². The van der Waals surface area contributed by atoms with E-state index in [1.165, 1.54) is 0 Å². The van der Waals surface area contributed by atoms with E-state index in [2.05, 4.69) is 16.3 Å². The van der Waals surface area contributed by atoms with E-state index < -0.39 is 0 Å². The molecule has 0 aromatic heterocycles. The first-order valence-corrected chi connectivity index (χ1v) is 11.6. The molecule has 1 aliphatic heterocycles. The van der Waals surface area contributed by atoms with Gasteiger partial charge < -0.3 is 5.32 Å². The third-order valence-corrected chi connectivity index (χ3v) is 6.73. The van der Waals surface area contributed by atoms with Crippen molar-refractivity contribution in [3.63, 3.8) is 0 Å². The summed E-state index contributed by atoms with van der Waals surface area (Å²) in [5.74, 6) is 1.98. The lowest BCUT2D eigenvalue weighted by atomic mass is 9.96. The number of benzene rings is 2. The maximum atomic E-state index is 12.6. The topological polar surface area (TPSA) is 32.3 Å². The Morgan fingerprint density at radius 1 is 1.07 bits per heavy atom. The molecule has 0 bridgehead atoms. The zero-order valence-corrected chi connectivity index (χ0v) is 18.2. The molecule has 1 aliphatic rings. The molecule has 0 saturated carbocycles.